The van der Waals surface area contributed by atoms with Crippen LogP contribution in [0.2, 0.25) is 0 Å². The van der Waals surface area contributed by atoms with Crippen LogP contribution in [0.1, 0.15) is 37.8 Å². The Morgan fingerprint density at radius 3 is 2.00 bits per heavy atom. The van der Waals surface area contributed by atoms with Gasteiger partial charge in [-0.2, -0.15) is 0 Å². The molecule has 0 spiro atoms. The van der Waals surface area contributed by atoms with Gasteiger partial charge in [0, 0.05) is 26.1 Å². The molecule has 0 aliphatic heterocycles. The zero-order valence-electron chi connectivity index (χ0n) is 14.8. The molecule has 0 atom stereocenters. The first-order chi connectivity index (χ1) is 10.7. The Morgan fingerprint density at radius 1 is 1.04 bits per heavy atom. The Morgan fingerprint density at radius 2 is 1.57 bits per heavy atom. The summed E-state index contributed by atoms with van der Waals surface area (Å²) in [6.07, 6.45) is 2.07. The number of rotatable bonds is 8. The number of aryl methyl sites for hydroxylation is 2. The fraction of sp³-hybridized carbons (Fsp3) is 0.588. The second-order valence-corrected chi connectivity index (χ2v) is 7.76. The summed E-state index contributed by atoms with van der Waals surface area (Å²) in [7, 11) is -3.37. The summed E-state index contributed by atoms with van der Waals surface area (Å²) in [5, 5.41) is 0. The van der Waals surface area contributed by atoms with Crippen molar-refractivity contribution in [3.63, 3.8) is 0 Å². The highest BCUT2D eigenvalue weighted by Gasteiger charge is 2.19. The van der Waals surface area contributed by atoms with Crippen LogP contribution in [-0.4, -0.2) is 45.1 Å². The van der Waals surface area contributed by atoms with Gasteiger partial charge in [0.25, 0.3) is 0 Å². The van der Waals surface area contributed by atoms with Crippen LogP contribution in [0.25, 0.3) is 0 Å². The maximum absolute atomic E-state index is 12.1. The largest absolute Gasteiger partial charge is 0.343 e. The Labute approximate surface area is 140 Å². The van der Waals surface area contributed by atoms with Crippen LogP contribution < -0.4 is 4.31 Å². The molecule has 0 saturated heterocycles. The molecular formula is C17H28N2O3S. The van der Waals surface area contributed by atoms with E-state index in [0.29, 0.717) is 38.2 Å². The van der Waals surface area contributed by atoms with Crippen molar-refractivity contribution in [2.75, 3.05) is 30.2 Å². The summed E-state index contributed by atoms with van der Waals surface area (Å²) in [5.74, 6) is 0.0730. The highest BCUT2D eigenvalue weighted by atomic mass is 32.2. The lowest BCUT2D eigenvalue weighted by Gasteiger charge is -2.24. The van der Waals surface area contributed by atoms with E-state index in [1.54, 1.807) is 4.90 Å². The van der Waals surface area contributed by atoms with Crippen molar-refractivity contribution in [2.45, 2.75) is 40.5 Å². The van der Waals surface area contributed by atoms with Crippen LogP contribution in [-0.2, 0) is 14.8 Å². The zero-order valence-corrected chi connectivity index (χ0v) is 15.6. The Hall–Kier alpha value is -1.56. The van der Waals surface area contributed by atoms with E-state index >= 15 is 0 Å². The molecule has 6 heteroatoms. The molecule has 0 saturated carbocycles. The number of hydrogen-bond donors (Lipinski definition) is 0. The van der Waals surface area contributed by atoms with Gasteiger partial charge in [0.05, 0.1) is 11.9 Å². The molecule has 0 bridgehead atoms. The summed E-state index contributed by atoms with van der Waals surface area (Å²) in [4.78, 5) is 13.8. The van der Waals surface area contributed by atoms with E-state index in [2.05, 4.69) is 0 Å². The van der Waals surface area contributed by atoms with E-state index in [1.807, 2.05) is 45.9 Å². The molecule has 0 aliphatic rings. The SMILES string of the molecule is CCN(CC)C(=O)CCCN(c1cc(C)cc(C)c1)S(C)(=O)=O. The number of amides is 1. The first-order valence-corrected chi connectivity index (χ1v) is 9.87. The van der Waals surface area contributed by atoms with Crippen LogP contribution >= 0.6 is 0 Å². The van der Waals surface area contributed by atoms with E-state index in [4.69, 9.17) is 0 Å². The molecule has 0 aliphatic carbocycles. The Bertz CT molecular complexity index is 617. The normalized spacial score (nSPS) is 11.3. The van der Waals surface area contributed by atoms with Crippen molar-refractivity contribution in [1.82, 2.24) is 4.90 Å². The van der Waals surface area contributed by atoms with Crippen molar-refractivity contribution in [2.24, 2.45) is 0 Å². The molecule has 1 rings (SSSR count). The predicted molar refractivity (Wildman–Crippen MR) is 95.3 cm³/mol. The van der Waals surface area contributed by atoms with Crippen molar-refractivity contribution in [3.05, 3.63) is 29.3 Å². The van der Waals surface area contributed by atoms with Crippen LogP contribution in [0.5, 0.6) is 0 Å². The van der Waals surface area contributed by atoms with Crippen LogP contribution in [0.4, 0.5) is 5.69 Å². The number of carbonyl (C=O) groups is 1. The molecular weight excluding hydrogens is 312 g/mol. The number of benzene rings is 1. The molecule has 130 valence electrons. The lowest BCUT2D eigenvalue weighted by Crippen LogP contribution is -2.33. The minimum absolute atomic E-state index is 0.0730. The fourth-order valence-corrected chi connectivity index (χ4v) is 3.64. The summed E-state index contributed by atoms with van der Waals surface area (Å²) in [6.45, 7) is 9.46. The quantitative estimate of drug-likeness (QED) is 0.731. The monoisotopic (exact) mass is 340 g/mol. The third kappa shape index (κ3) is 5.86. The lowest BCUT2D eigenvalue weighted by molar-refractivity contribution is -0.130. The minimum Gasteiger partial charge on any atom is -0.343 e. The highest BCUT2D eigenvalue weighted by molar-refractivity contribution is 7.92. The van der Waals surface area contributed by atoms with Gasteiger partial charge < -0.3 is 4.90 Å². The van der Waals surface area contributed by atoms with E-state index in [9.17, 15) is 13.2 Å². The van der Waals surface area contributed by atoms with E-state index in [1.165, 1.54) is 10.6 Å². The van der Waals surface area contributed by atoms with Crippen molar-refractivity contribution >= 4 is 21.6 Å². The molecule has 0 N–H and O–H groups in total. The fourth-order valence-electron chi connectivity index (χ4n) is 2.69. The van der Waals surface area contributed by atoms with E-state index < -0.39 is 10.0 Å². The highest BCUT2D eigenvalue weighted by Crippen LogP contribution is 2.22. The first kappa shape index (κ1) is 19.5. The molecule has 0 heterocycles. The number of hydrogen-bond acceptors (Lipinski definition) is 3. The first-order valence-electron chi connectivity index (χ1n) is 8.02. The van der Waals surface area contributed by atoms with Gasteiger partial charge in [-0.3, -0.25) is 9.10 Å². The molecule has 0 aromatic heterocycles. The van der Waals surface area contributed by atoms with Gasteiger partial charge in [-0.1, -0.05) is 6.07 Å². The smallest absolute Gasteiger partial charge is 0.232 e. The molecule has 0 unspecified atom stereocenters. The minimum atomic E-state index is -3.37. The van der Waals surface area contributed by atoms with Gasteiger partial charge in [-0.15, -0.1) is 0 Å². The van der Waals surface area contributed by atoms with Gasteiger partial charge in [-0.25, -0.2) is 8.42 Å². The molecule has 1 aromatic rings. The van der Waals surface area contributed by atoms with Gasteiger partial charge >= 0.3 is 0 Å². The van der Waals surface area contributed by atoms with Gasteiger partial charge in [0.1, 0.15) is 0 Å². The van der Waals surface area contributed by atoms with Crippen LogP contribution in [0.15, 0.2) is 18.2 Å². The number of nitrogens with zero attached hydrogens (tertiary/aromatic N) is 2. The van der Waals surface area contributed by atoms with E-state index in [-0.39, 0.29) is 5.91 Å². The summed E-state index contributed by atoms with van der Waals surface area (Å²) in [5.41, 5.74) is 2.71. The molecule has 1 amide bonds. The van der Waals surface area contributed by atoms with Crippen molar-refractivity contribution < 1.29 is 13.2 Å². The standard InChI is InChI=1S/C17H28N2O3S/c1-6-18(7-2)17(20)9-8-10-19(23(5,21)22)16-12-14(3)11-15(4)13-16/h11-13H,6-10H2,1-5H3. The average molecular weight is 340 g/mol. The Balaban J connectivity index is 2.84. The third-order valence-corrected chi connectivity index (χ3v) is 4.96. The van der Waals surface area contributed by atoms with Gasteiger partial charge in [0.2, 0.25) is 15.9 Å². The van der Waals surface area contributed by atoms with Crippen molar-refractivity contribution in [1.29, 1.82) is 0 Å². The lowest BCUT2D eigenvalue weighted by atomic mass is 10.1. The van der Waals surface area contributed by atoms with Crippen LogP contribution in [0.3, 0.4) is 0 Å². The summed E-state index contributed by atoms with van der Waals surface area (Å²) in [6, 6.07) is 5.73. The second-order valence-electron chi connectivity index (χ2n) is 5.85. The van der Waals surface area contributed by atoms with Crippen molar-refractivity contribution in [3.8, 4) is 0 Å². The van der Waals surface area contributed by atoms with Crippen LogP contribution in [0, 0.1) is 13.8 Å². The van der Waals surface area contributed by atoms with Gasteiger partial charge in [-0.05, 0) is 57.4 Å². The third-order valence-electron chi connectivity index (χ3n) is 3.76. The Kier molecular flexibility index (Phi) is 7.06. The number of sulfonamides is 1. The van der Waals surface area contributed by atoms with Gasteiger partial charge in [0.15, 0.2) is 0 Å². The topological polar surface area (TPSA) is 57.7 Å². The maximum Gasteiger partial charge on any atom is 0.232 e. The molecule has 1 aromatic carbocycles. The molecule has 23 heavy (non-hydrogen) atoms. The zero-order chi connectivity index (χ0) is 17.6. The summed E-state index contributed by atoms with van der Waals surface area (Å²) >= 11 is 0. The van der Waals surface area contributed by atoms with E-state index in [0.717, 1.165) is 11.1 Å². The molecule has 0 fully saturated rings. The number of anilines is 1. The number of carbonyl (C=O) groups excluding carboxylic acids is 1. The average Bonchev–Trinajstić information content (AvgIpc) is 2.42. The predicted octanol–water partition coefficient (Wildman–Crippen LogP) is 2.72. The second kappa shape index (κ2) is 8.34. The molecule has 5 nitrogen and oxygen atoms in total. The molecule has 0 radical (unpaired) electrons. The summed E-state index contributed by atoms with van der Waals surface area (Å²) < 4.78 is 25.6. The maximum atomic E-state index is 12.1.